The molecule has 4 rings (SSSR count). The summed E-state index contributed by atoms with van der Waals surface area (Å²) in [6.45, 7) is 8.22. The van der Waals surface area contributed by atoms with Crippen LogP contribution >= 0.6 is 0 Å². The van der Waals surface area contributed by atoms with Crippen molar-refractivity contribution in [2.24, 2.45) is 7.05 Å². The first-order chi connectivity index (χ1) is 13.8. The summed E-state index contributed by atoms with van der Waals surface area (Å²) < 4.78 is 3.48. The molecule has 5 heteroatoms. The lowest BCUT2D eigenvalue weighted by molar-refractivity contribution is 0.707. The predicted octanol–water partition coefficient (Wildman–Crippen LogP) is 4.48. The number of para-hydroxylation sites is 2. The van der Waals surface area contributed by atoms with Gasteiger partial charge in [0.2, 0.25) is 5.43 Å². The summed E-state index contributed by atoms with van der Waals surface area (Å²) in [6.07, 6.45) is 0. The van der Waals surface area contributed by atoms with Crippen molar-refractivity contribution < 1.29 is 0 Å². The van der Waals surface area contributed by atoms with Crippen LogP contribution in [0.15, 0.2) is 58.1 Å². The number of rotatable bonds is 3. The first-order valence-corrected chi connectivity index (χ1v) is 9.96. The second-order valence-electron chi connectivity index (χ2n) is 8.08. The van der Waals surface area contributed by atoms with E-state index in [1.807, 2.05) is 67.9 Å². The summed E-state index contributed by atoms with van der Waals surface area (Å²) in [5.74, 6) is 0.892. The van der Waals surface area contributed by atoms with E-state index in [0.717, 1.165) is 16.8 Å². The van der Waals surface area contributed by atoms with Gasteiger partial charge in [-0.05, 0) is 29.7 Å². The van der Waals surface area contributed by atoms with Gasteiger partial charge in [0.25, 0.3) is 5.56 Å². The van der Waals surface area contributed by atoms with E-state index < -0.39 is 0 Å². The maximum Gasteiger partial charge on any atom is 0.271 e. The quantitative estimate of drug-likeness (QED) is 0.487. The number of aromatic nitrogens is 3. The molecule has 148 valence electrons. The molecule has 0 spiro atoms. The Morgan fingerprint density at radius 2 is 1.52 bits per heavy atom. The molecule has 0 fully saturated rings. The van der Waals surface area contributed by atoms with E-state index >= 15 is 0 Å². The topological polar surface area (TPSA) is 56.9 Å². The number of pyridine rings is 1. The highest BCUT2D eigenvalue weighted by atomic mass is 16.1. The highest BCUT2D eigenvalue weighted by molar-refractivity contribution is 5.91. The van der Waals surface area contributed by atoms with Crippen molar-refractivity contribution in [2.45, 2.75) is 39.5 Å². The second kappa shape index (κ2) is 6.99. The van der Waals surface area contributed by atoms with Gasteiger partial charge < -0.3 is 4.57 Å². The average molecular weight is 387 g/mol. The third kappa shape index (κ3) is 2.89. The molecule has 5 nitrogen and oxygen atoms in total. The molecular weight excluding hydrogens is 362 g/mol. The molecule has 0 unspecified atom stereocenters. The Kier molecular flexibility index (Phi) is 4.61. The molecule has 0 saturated carbocycles. The zero-order valence-electron chi connectivity index (χ0n) is 17.4. The zero-order valence-corrected chi connectivity index (χ0v) is 17.4. The molecule has 4 aromatic rings. The largest absolute Gasteiger partial charge is 0.328 e. The predicted molar refractivity (Wildman–Crippen MR) is 118 cm³/mol. The van der Waals surface area contributed by atoms with E-state index in [1.165, 1.54) is 0 Å². The number of nitrogens with zero attached hydrogens (tertiary/aromatic N) is 3. The van der Waals surface area contributed by atoms with Crippen molar-refractivity contribution in [1.82, 2.24) is 14.1 Å². The Balaban J connectivity index is 2.26. The van der Waals surface area contributed by atoms with Crippen LogP contribution in [0.1, 0.15) is 50.9 Å². The van der Waals surface area contributed by atoms with E-state index in [9.17, 15) is 9.59 Å². The van der Waals surface area contributed by atoms with E-state index in [2.05, 4.69) is 13.8 Å². The zero-order chi connectivity index (χ0) is 20.9. The van der Waals surface area contributed by atoms with E-state index in [0.29, 0.717) is 16.9 Å². The van der Waals surface area contributed by atoms with Crippen molar-refractivity contribution in [1.29, 1.82) is 0 Å². The fourth-order valence-corrected chi connectivity index (χ4v) is 3.97. The summed E-state index contributed by atoms with van der Waals surface area (Å²) in [7, 11) is 1.85. The van der Waals surface area contributed by atoms with Gasteiger partial charge in [0, 0.05) is 18.4 Å². The van der Waals surface area contributed by atoms with Crippen molar-refractivity contribution in [3.63, 3.8) is 0 Å². The minimum Gasteiger partial charge on any atom is -0.328 e. The minimum atomic E-state index is -0.307. The number of fused-ring (bicyclic) bond motifs is 2. The summed E-state index contributed by atoms with van der Waals surface area (Å²) in [4.78, 5) is 31.9. The normalized spacial score (nSPS) is 11.8. The lowest BCUT2D eigenvalue weighted by Gasteiger charge is -2.21. The maximum absolute atomic E-state index is 13.8. The highest BCUT2D eigenvalue weighted by Gasteiger charge is 2.22. The van der Waals surface area contributed by atoms with Gasteiger partial charge in [0.05, 0.1) is 11.2 Å². The fraction of sp³-hybridized carbons (Fsp3) is 0.292. The number of aryl methyl sites for hydroxylation is 1. The summed E-state index contributed by atoms with van der Waals surface area (Å²) in [5, 5.41) is 0.663. The van der Waals surface area contributed by atoms with Crippen LogP contribution in [-0.2, 0) is 7.05 Å². The molecule has 0 saturated heterocycles. The fourth-order valence-electron chi connectivity index (χ4n) is 3.97. The first kappa shape index (κ1) is 19.1. The van der Waals surface area contributed by atoms with Crippen molar-refractivity contribution in [3.8, 4) is 5.69 Å². The molecule has 0 aliphatic carbocycles. The number of benzene rings is 2. The summed E-state index contributed by atoms with van der Waals surface area (Å²) in [5.41, 5.74) is 2.47. The van der Waals surface area contributed by atoms with E-state index in [1.54, 1.807) is 10.6 Å². The molecule has 0 aliphatic rings. The van der Waals surface area contributed by atoms with Gasteiger partial charge in [0.1, 0.15) is 11.2 Å². The maximum atomic E-state index is 13.8. The van der Waals surface area contributed by atoms with Gasteiger partial charge >= 0.3 is 0 Å². The molecule has 2 aromatic heterocycles. The lowest BCUT2D eigenvalue weighted by Crippen LogP contribution is -2.30. The highest BCUT2D eigenvalue weighted by Crippen LogP contribution is 2.26. The summed E-state index contributed by atoms with van der Waals surface area (Å²) in [6, 6.07) is 15.2. The van der Waals surface area contributed by atoms with E-state index in [-0.39, 0.29) is 28.2 Å². The molecular formula is C24H25N3O2. The smallest absolute Gasteiger partial charge is 0.271 e. The van der Waals surface area contributed by atoms with Crippen LogP contribution in [0.3, 0.4) is 0 Å². The van der Waals surface area contributed by atoms with Crippen LogP contribution in [0.4, 0.5) is 0 Å². The van der Waals surface area contributed by atoms with Crippen LogP contribution in [-0.4, -0.2) is 14.1 Å². The van der Waals surface area contributed by atoms with Crippen LogP contribution < -0.4 is 11.0 Å². The van der Waals surface area contributed by atoms with Crippen LogP contribution in [0.2, 0.25) is 0 Å². The molecule has 0 N–H and O–H groups in total. The number of hydrogen-bond donors (Lipinski definition) is 0. The monoisotopic (exact) mass is 387 g/mol. The first-order valence-electron chi connectivity index (χ1n) is 9.96. The Labute approximate surface area is 169 Å². The molecule has 0 bridgehead atoms. The lowest BCUT2D eigenvalue weighted by atomic mass is 10.0. The Morgan fingerprint density at radius 1 is 0.862 bits per heavy atom. The third-order valence-electron chi connectivity index (χ3n) is 5.46. The van der Waals surface area contributed by atoms with Gasteiger partial charge in [0.15, 0.2) is 5.65 Å². The van der Waals surface area contributed by atoms with Gasteiger partial charge in [-0.1, -0.05) is 58.0 Å². The standard InChI is InChI=1S/C24H25N3O2/c1-14(2)16-10-6-9-13-19(16)27-22(15(3)4)25-23-20(24(27)29)21(28)17-11-7-8-12-18(17)26(23)5/h6-15H,1-5H3. The Morgan fingerprint density at radius 3 is 2.21 bits per heavy atom. The Hall–Kier alpha value is -3.21. The second-order valence-corrected chi connectivity index (χ2v) is 8.08. The molecule has 0 amide bonds. The molecule has 2 aromatic carbocycles. The van der Waals surface area contributed by atoms with Gasteiger partial charge in [-0.2, -0.15) is 0 Å². The van der Waals surface area contributed by atoms with Gasteiger partial charge in [-0.3, -0.25) is 14.2 Å². The number of hydrogen-bond acceptors (Lipinski definition) is 3. The third-order valence-corrected chi connectivity index (χ3v) is 5.46. The van der Waals surface area contributed by atoms with Crippen LogP contribution in [0, 0.1) is 0 Å². The summed E-state index contributed by atoms with van der Waals surface area (Å²) >= 11 is 0. The molecule has 0 atom stereocenters. The van der Waals surface area contributed by atoms with Crippen molar-refractivity contribution in [2.75, 3.05) is 0 Å². The molecule has 2 heterocycles. The molecule has 0 aliphatic heterocycles. The van der Waals surface area contributed by atoms with Crippen LogP contribution in [0.5, 0.6) is 0 Å². The molecule has 0 radical (unpaired) electrons. The van der Waals surface area contributed by atoms with Crippen LogP contribution in [0.25, 0.3) is 27.6 Å². The average Bonchev–Trinajstić information content (AvgIpc) is 2.71. The van der Waals surface area contributed by atoms with E-state index in [4.69, 9.17) is 4.98 Å². The van der Waals surface area contributed by atoms with Crippen molar-refractivity contribution >= 4 is 21.9 Å². The van der Waals surface area contributed by atoms with Gasteiger partial charge in [-0.25, -0.2) is 4.98 Å². The SMILES string of the molecule is CC(C)c1ccccc1-n1c(C(C)C)nc2c(c(=O)c3ccccc3n2C)c1=O. The molecule has 29 heavy (non-hydrogen) atoms. The Bertz CT molecular complexity index is 1360. The van der Waals surface area contributed by atoms with Gasteiger partial charge in [-0.15, -0.1) is 0 Å². The van der Waals surface area contributed by atoms with Crippen molar-refractivity contribution in [3.05, 3.63) is 80.5 Å². The minimum absolute atomic E-state index is 0.00823.